The Hall–Kier alpha value is -2.73. The van der Waals surface area contributed by atoms with Gasteiger partial charge in [0.1, 0.15) is 0 Å². The molecule has 19 heavy (non-hydrogen) atoms. The summed E-state index contributed by atoms with van der Waals surface area (Å²) in [5, 5.41) is 11.0. The molecular formula is C16H12N2O. The zero-order chi connectivity index (χ0) is 13.1. The van der Waals surface area contributed by atoms with Crippen molar-refractivity contribution in [1.29, 1.82) is 5.26 Å². The van der Waals surface area contributed by atoms with Gasteiger partial charge in [-0.2, -0.15) is 10.3 Å². The van der Waals surface area contributed by atoms with Crippen molar-refractivity contribution in [1.82, 2.24) is 5.06 Å². The fraction of sp³-hybridized carbons (Fsp3) is 0.0625. The average Bonchev–Trinajstić information content (AvgIpc) is 2.48. The third-order valence-electron chi connectivity index (χ3n) is 3.02. The predicted octanol–water partition coefficient (Wildman–Crippen LogP) is 3.53. The highest BCUT2D eigenvalue weighted by Crippen LogP contribution is 2.30. The second kappa shape index (κ2) is 4.87. The Morgan fingerprint density at radius 3 is 2.53 bits per heavy atom. The third kappa shape index (κ3) is 2.16. The highest BCUT2D eigenvalue weighted by Gasteiger charge is 2.24. The second-order valence-electron chi connectivity index (χ2n) is 4.24. The van der Waals surface area contributed by atoms with Crippen molar-refractivity contribution < 1.29 is 4.84 Å². The summed E-state index contributed by atoms with van der Waals surface area (Å²) in [5.74, 6) is 0.715. The minimum Gasteiger partial charge on any atom is -0.379 e. The zero-order valence-corrected chi connectivity index (χ0v) is 10.2. The number of rotatable bonds is 2. The lowest BCUT2D eigenvalue weighted by molar-refractivity contribution is -0.0311. The first-order valence-electron chi connectivity index (χ1n) is 6.06. The lowest BCUT2D eigenvalue weighted by Crippen LogP contribution is -2.28. The quantitative estimate of drug-likeness (QED) is 0.815. The van der Waals surface area contributed by atoms with Crippen molar-refractivity contribution >= 4 is 6.08 Å². The number of hydrogen-bond acceptors (Lipinski definition) is 3. The predicted molar refractivity (Wildman–Crippen MR) is 72.7 cm³/mol. The van der Waals surface area contributed by atoms with E-state index in [-0.39, 0.29) is 0 Å². The molecule has 92 valence electrons. The van der Waals surface area contributed by atoms with Crippen LogP contribution in [-0.4, -0.2) is 5.06 Å². The van der Waals surface area contributed by atoms with Crippen LogP contribution in [0.1, 0.15) is 17.2 Å². The fourth-order valence-corrected chi connectivity index (χ4v) is 2.10. The van der Waals surface area contributed by atoms with Gasteiger partial charge in [0.15, 0.2) is 11.8 Å². The Balaban J connectivity index is 1.91. The van der Waals surface area contributed by atoms with Crippen LogP contribution in [0.2, 0.25) is 0 Å². The fourth-order valence-electron chi connectivity index (χ4n) is 2.10. The van der Waals surface area contributed by atoms with Gasteiger partial charge in [-0.1, -0.05) is 42.5 Å². The minimum atomic E-state index is -0.429. The van der Waals surface area contributed by atoms with E-state index in [0.717, 1.165) is 11.1 Å². The van der Waals surface area contributed by atoms with Gasteiger partial charge in [-0.15, -0.1) is 0 Å². The van der Waals surface area contributed by atoms with Crippen LogP contribution in [0.3, 0.4) is 0 Å². The van der Waals surface area contributed by atoms with Crippen molar-refractivity contribution in [3.63, 3.8) is 0 Å². The highest BCUT2D eigenvalue weighted by molar-refractivity contribution is 5.57. The first-order chi connectivity index (χ1) is 9.38. The Morgan fingerprint density at radius 1 is 1.00 bits per heavy atom. The van der Waals surface area contributed by atoms with Gasteiger partial charge in [-0.3, -0.25) is 0 Å². The number of benzene rings is 2. The van der Waals surface area contributed by atoms with Crippen molar-refractivity contribution in [3.8, 4) is 11.8 Å². The summed E-state index contributed by atoms with van der Waals surface area (Å²) in [7, 11) is 0. The van der Waals surface area contributed by atoms with Crippen LogP contribution in [0.5, 0.6) is 5.75 Å². The van der Waals surface area contributed by atoms with E-state index < -0.39 is 6.04 Å². The second-order valence-corrected chi connectivity index (χ2v) is 4.24. The molecule has 0 aliphatic carbocycles. The molecule has 0 bridgehead atoms. The molecule has 0 amide bonds. The van der Waals surface area contributed by atoms with E-state index in [9.17, 15) is 5.26 Å². The molecule has 1 unspecified atom stereocenters. The van der Waals surface area contributed by atoms with Gasteiger partial charge < -0.3 is 4.84 Å². The molecule has 1 aliphatic heterocycles. The number of nitriles is 1. The van der Waals surface area contributed by atoms with Gasteiger partial charge in [0, 0.05) is 6.20 Å². The van der Waals surface area contributed by atoms with Crippen LogP contribution in [0.15, 0.2) is 60.8 Å². The van der Waals surface area contributed by atoms with Gasteiger partial charge in [0.25, 0.3) is 0 Å². The highest BCUT2D eigenvalue weighted by atomic mass is 16.7. The molecule has 1 atom stereocenters. The van der Waals surface area contributed by atoms with Crippen LogP contribution >= 0.6 is 0 Å². The summed E-state index contributed by atoms with van der Waals surface area (Å²) in [6.07, 6.45) is 3.75. The molecule has 0 spiro atoms. The minimum absolute atomic E-state index is 0.429. The standard InChI is InChI=1S/C16H12N2O/c17-12-16-15-9-5-4-6-13(15)10-11-18(16)19-14-7-2-1-3-8-14/h1-11,16H. The molecule has 1 heterocycles. The molecule has 0 aromatic heterocycles. The normalized spacial score (nSPS) is 16.6. The maximum Gasteiger partial charge on any atom is 0.178 e. The molecule has 0 saturated carbocycles. The van der Waals surface area contributed by atoms with Crippen LogP contribution < -0.4 is 4.84 Å². The van der Waals surface area contributed by atoms with Crippen LogP contribution in [0, 0.1) is 11.3 Å². The molecule has 3 heteroatoms. The van der Waals surface area contributed by atoms with Crippen molar-refractivity contribution in [2.45, 2.75) is 6.04 Å². The van der Waals surface area contributed by atoms with Gasteiger partial charge in [0.05, 0.1) is 6.07 Å². The Kier molecular flexibility index (Phi) is 2.91. The molecule has 0 radical (unpaired) electrons. The monoisotopic (exact) mass is 248 g/mol. The number of para-hydroxylation sites is 1. The smallest absolute Gasteiger partial charge is 0.178 e. The van der Waals surface area contributed by atoms with Gasteiger partial charge in [-0.05, 0) is 29.3 Å². The lowest BCUT2D eigenvalue weighted by atomic mass is 9.98. The van der Waals surface area contributed by atoms with Crippen LogP contribution in [0.4, 0.5) is 0 Å². The molecule has 0 N–H and O–H groups in total. The van der Waals surface area contributed by atoms with Crippen LogP contribution in [-0.2, 0) is 0 Å². The zero-order valence-electron chi connectivity index (χ0n) is 10.2. The summed E-state index contributed by atoms with van der Waals surface area (Å²) in [6, 6.07) is 19.2. The van der Waals surface area contributed by atoms with E-state index in [1.165, 1.54) is 0 Å². The molecule has 0 saturated heterocycles. The molecule has 1 aliphatic rings. The maximum atomic E-state index is 9.38. The lowest BCUT2D eigenvalue weighted by Gasteiger charge is -2.29. The van der Waals surface area contributed by atoms with Crippen molar-refractivity contribution in [2.75, 3.05) is 0 Å². The van der Waals surface area contributed by atoms with E-state index >= 15 is 0 Å². The van der Waals surface area contributed by atoms with Crippen molar-refractivity contribution in [3.05, 3.63) is 71.9 Å². The van der Waals surface area contributed by atoms with E-state index in [2.05, 4.69) is 6.07 Å². The third-order valence-corrected chi connectivity index (χ3v) is 3.02. The summed E-state index contributed by atoms with van der Waals surface area (Å²) in [6.45, 7) is 0. The SMILES string of the molecule is N#CC1c2ccccc2C=CN1Oc1ccccc1. The van der Waals surface area contributed by atoms with Crippen molar-refractivity contribution in [2.24, 2.45) is 0 Å². The Bertz CT molecular complexity index is 643. The maximum absolute atomic E-state index is 9.38. The average molecular weight is 248 g/mol. The Labute approximate surface area is 111 Å². The largest absolute Gasteiger partial charge is 0.379 e. The number of fused-ring (bicyclic) bond motifs is 1. The Morgan fingerprint density at radius 2 is 1.74 bits per heavy atom. The summed E-state index contributed by atoms with van der Waals surface area (Å²) in [4.78, 5) is 5.74. The molecule has 0 fully saturated rings. The number of nitrogens with zero attached hydrogens (tertiary/aromatic N) is 2. The summed E-state index contributed by atoms with van der Waals surface area (Å²) in [5.41, 5.74) is 2.02. The number of hydroxylamine groups is 2. The first kappa shape index (κ1) is 11.4. The van der Waals surface area contributed by atoms with E-state index in [0.29, 0.717) is 5.75 Å². The van der Waals surface area contributed by atoms with E-state index in [1.807, 2.05) is 60.7 Å². The summed E-state index contributed by atoms with van der Waals surface area (Å²) >= 11 is 0. The van der Waals surface area contributed by atoms with E-state index in [4.69, 9.17) is 4.84 Å². The first-order valence-corrected chi connectivity index (χ1v) is 6.06. The van der Waals surface area contributed by atoms with Crippen LogP contribution in [0.25, 0.3) is 6.08 Å². The van der Waals surface area contributed by atoms with Gasteiger partial charge in [0.2, 0.25) is 0 Å². The molecule has 3 nitrogen and oxygen atoms in total. The molecule has 3 rings (SSSR count). The van der Waals surface area contributed by atoms with Gasteiger partial charge in [-0.25, -0.2) is 0 Å². The molecular weight excluding hydrogens is 236 g/mol. The van der Waals surface area contributed by atoms with E-state index in [1.54, 1.807) is 11.3 Å². The van der Waals surface area contributed by atoms with Gasteiger partial charge >= 0.3 is 0 Å². The summed E-state index contributed by atoms with van der Waals surface area (Å²) < 4.78 is 0. The topological polar surface area (TPSA) is 36.3 Å². The molecule has 2 aromatic rings. The molecule has 2 aromatic carbocycles. The number of hydrogen-bond donors (Lipinski definition) is 0.